The Labute approximate surface area is 229 Å². The Morgan fingerprint density at radius 3 is 2.18 bits per heavy atom. The van der Waals surface area contributed by atoms with Gasteiger partial charge in [-0.3, -0.25) is 19.2 Å². The number of benzene rings is 1. The van der Waals surface area contributed by atoms with E-state index < -0.39 is 60.2 Å². The SMILES string of the molecule is CSCCC(NC(=O)C(N)Cc1c[nH]c2ccccc12)C(=O)NC(CCC(=O)O)C(=O)NC(CS)C(=O)O. The molecule has 1 aromatic carbocycles. The van der Waals surface area contributed by atoms with Crippen molar-refractivity contribution >= 4 is 65.0 Å². The van der Waals surface area contributed by atoms with Crippen LogP contribution >= 0.6 is 24.4 Å². The first-order valence-electron chi connectivity index (χ1n) is 11.8. The lowest BCUT2D eigenvalue weighted by molar-refractivity contribution is -0.142. The molecular weight excluding hydrogens is 534 g/mol. The van der Waals surface area contributed by atoms with E-state index in [9.17, 15) is 29.1 Å². The molecule has 4 atom stereocenters. The van der Waals surface area contributed by atoms with Crippen LogP contribution in [0.25, 0.3) is 10.9 Å². The quantitative estimate of drug-likeness (QED) is 0.130. The number of fused-ring (bicyclic) bond motifs is 1. The summed E-state index contributed by atoms with van der Waals surface area (Å²) in [6, 6.07) is 2.89. The van der Waals surface area contributed by atoms with Crippen LogP contribution in [0.15, 0.2) is 30.5 Å². The lowest BCUT2D eigenvalue weighted by atomic mass is 10.0. The molecule has 1 aromatic heterocycles. The second kappa shape index (κ2) is 15.2. The van der Waals surface area contributed by atoms with E-state index in [0.29, 0.717) is 5.75 Å². The van der Waals surface area contributed by atoms with Gasteiger partial charge in [0.1, 0.15) is 18.1 Å². The van der Waals surface area contributed by atoms with Gasteiger partial charge < -0.3 is 36.9 Å². The lowest BCUT2D eigenvalue weighted by Gasteiger charge is -2.24. The number of aromatic amines is 1. The number of nitrogens with one attached hydrogen (secondary N) is 4. The molecule has 0 radical (unpaired) electrons. The lowest BCUT2D eigenvalue weighted by Crippen LogP contribution is -2.57. The highest BCUT2D eigenvalue weighted by atomic mass is 32.2. The van der Waals surface area contributed by atoms with E-state index in [2.05, 4.69) is 33.6 Å². The van der Waals surface area contributed by atoms with Gasteiger partial charge in [0, 0.05) is 29.3 Å². The van der Waals surface area contributed by atoms with Gasteiger partial charge in [0.15, 0.2) is 0 Å². The fourth-order valence-corrected chi connectivity index (χ4v) is 4.40. The number of para-hydroxylation sites is 1. The predicted molar refractivity (Wildman–Crippen MR) is 147 cm³/mol. The van der Waals surface area contributed by atoms with Crippen molar-refractivity contribution in [2.75, 3.05) is 17.8 Å². The van der Waals surface area contributed by atoms with Gasteiger partial charge in [-0.1, -0.05) is 18.2 Å². The Kier molecular flexibility index (Phi) is 12.4. The van der Waals surface area contributed by atoms with Crippen molar-refractivity contribution in [1.29, 1.82) is 0 Å². The van der Waals surface area contributed by atoms with Gasteiger partial charge in [0.2, 0.25) is 17.7 Å². The van der Waals surface area contributed by atoms with Crippen LogP contribution in [-0.2, 0) is 30.4 Å². The summed E-state index contributed by atoms with van der Waals surface area (Å²) in [6.07, 6.45) is 3.31. The van der Waals surface area contributed by atoms with Gasteiger partial charge >= 0.3 is 11.9 Å². The van der Waals surface area contributed by atoms with Crippen LogP contribution in [0.1, 0.15) is 24.8 Å². The summed E-state index contributed by atoms with van der Waals surface area (Å²) in [7, 11) is 0. The van der Waals surface area contributed by atoms with Crippen LogP contribution in [-0.4, -0.2) is 86.8 Å². The average Bonchev–Trinajstić information content (AvgIpc) is 3.29. The molecular formula is C24H33N5O7S2. The zero-order chi connectivity index (χ0) is 28.2. The molecule has 12 nitrogen and oxygen atoms in total. The molecule has 0 bridgehead atoms. The van der Waals surface area contributed by atoms with Crippen molar-refractivity contribution in [3.8, 4) is 0 Å². The first-order valence-corrected chi connectivity index (χ1v) is 13.9. The number of rotatable bonds is 16. The highest BCUT2D eigenvalue weighted by Gasteiger charge is 2.30. The van der Waals surface area contributed by atoms with Crippen LogP contribution in [0.4, 0.5) is 0 Å². The van der Waals surface area contributed by atoms with Crippen LogP contribution in [0.5, 0.6) is 0 Å². The number of carboxylic acid groups (broad SMARTS) is 2. The molecule has 14 heteroatoms. The molecule has 8 N–H and O–H groups in total. The standard InChI is InChI=1S/C24H33N5O7S2/c1-38-9-8-18(27-21(32)15(25)10-13-11-26-16-5-3-2-4-14(13)16)23(34)28-17(6-7-20(30)31)22(33)29-19(12-37)24(35)36/h2-5,11,15,17-19,26,37H,6-10,12,25H2,1H3,(H,27,32)(H,28,34)(H,29,33)(H,30,31)(H,35,36). The van der Waals surface area contributed by atoms with Gasteiger partial charge in [-0.15, -0.1) is 0 Å². The fourth-order valence-electron chi connectivity index (χ4n) is 3.68. The third-order valence-electron chi connectivity index (χ3n) is 5.77. The maximum Gasteiger partial charge on any atom is 0.327 e. The van der Waals surface area contributed by atoms with Crippen molar-refractivity contribution in [3.05, 3.63) is 36.0 Å². The second-order valence-electron chi connectivity index (χ2n) is 8.59. The minimum absolute atomic E-state index is 0.207. The minimum Gasteiger partial charge on any atom is -0.481 e. The maximum absolute atomic E-state index is 13.1. The van der Waals surface area contributed by atoms with Crippen molar-refractivity contribution in [3.63, 3.8) is 0 Å². The van der Waals surface area contributed by atoms with E-state index in [1.165, 1.54) is 11.8 Å². The van der Waals surface area contributed by atoms with Crippen molar-refractivity contribution in [1.82, 2.24) is 20.9 Å². The average molecular weight is 568 g/mol. The van der Waals surface area contributed by atoms with Crippen LogP contribution in [0.2, 0.25) is 0 Å². The number of hydrogen-bond donors (Lipinski definition) is 8. The zero-order valence-electron chi connectivity index (χ0n) is 20.8. The highest BCUT2D eigenvalue weighted by molar-refractivity contribution is 7.98. The molecule has 0 aliphatic rings. The Balaban J connectivity index is 2.12. The monoisotopic (exact) mass is 567 g/mol. The normalized spacial score (nSPS) is 14.2. The molecule has 0 aliphatic carbocycles. The Morgan fingerprint density at radius 1 is 0.974 bits per heavy atom. The van der Waals surface area contributed by atoms with Gasteiger partial charge in [-0.2, -0.15) is 24.4 Å². The molecule has 0 spiro atoms. The number of aliphatic carboxylic acids is 2. The Hall–Kier alpha value is -3.23. The van der Waals surface area contributed by atoms with E-state index >= 15 is 0 Å². The van der Waals surface area contributed by atoms with Crippen molar-refractivity contribution in [2.24, 2.45) is 5.73 Å². The molecule has 2 rings (SSSR count). The molecule has 3 amide bonds. The molecule has 0 aliphatic heterocycles. The fraction of sp³-hybridized carbons (Fsp3) is 0.458. The van der Waals surface area contributed by atoms with E-state index in [1.54, 1.807) is 6.20 Å². The summed E-state index contributed by atoms with van der Waals surface area (Å²) in [5, 5.41) is 26.5. The van der Waals surface area contributed by atoms with Crippen LogP contribution < -0.4 is 21.7 Å². The van der Waals surface area contributed by atoms with Crippen LogP contribution in [0.3, 0.4) is 0 Å². The number of amides is 3. The summed E-state index contributed by atoms with van der Waals surface area (Å²) in [5.41, 5.74) is 7.90. The van der Waals surface area contributed by atoms with Crippen molar-refractivity contribution < 1.29 is 34.2 Å². The molecule has 0 saturated heterocycles. The maximum atomic E-state index is 13.1. The molecule has 0 saturated carbocycles. The van der Waals surface area contributed by atoms with Gasteiger partial charge in [0.05, 0.1) is 6.04 Å². The largest absolute Gasteiger partial charge is 0.481 e. The summed E-state index contributed by atoms with van der Waals surface area (Å²) in [5.74, 6) is -4.38. The van der Waals surface area contributed by atoms with E-state index in [0.717, 1.165) is 16.5 Å². The van der Waals surface area contributed by atoms with Gasteiger partial charge in [0.25, 0.3) is 0 Å². The summed E-state index contributed by atoms with van der Waals surface area (Å²) < 4.78 is 0. The summed E-state index contributed by atoms with van der Waals surface area (Å²) in [4.78, 5) is 64.2. The number of carbonyl (C=O) groups excluding carboxylic acids is 3. The first-order chi connectivity index (χ1) is 18.1. The number of H-pyrrole nitrogens is 1. The third-order valence-corrected chi connectivity index (χ3v) is 6.78. The minimum atomic E-state index is -1.34. The van der Waals surface area contributed by atoms with Crippen LogP contribution in [0, 0.1) is 0 Å². The number of carbonyl (C=O) groups is 5. The molecule has 208 valence electrons. The topological polar surface area (TPSA) is 204 Å². The highest BCUT2D eigenvalue weighted by Crippen LogP contribution is 2.19. The van der Waals surface area contributed by atoms with Gasteiger partial charge in [-0.05, 0) is 42.9 Å². The molecule has 4 unspecified atom stereocenters. The number of thiol groups is 1. The number of thioether (sulfide) groups is 1. The van der Waals surface area contributed by atoms with E-state index in [-0.39, 0.29) is 25.0 Å². The molecule has 2 aromatic rings. The number of aromatic nitrogens is 1. The Bertz CT molecular complexity index is 1140. The second-order valence-corrected chi connectivity index (χ2v) is 9.94. The summed E-state index contributed by atoms with van der Waals surface area (Å²) >= 11 is 5.34. The predicted octanol–water partition coefficient (Wildman–Crippen LogP) is 0.124. The number of carboxylic acids is 2. The number of hydrogen-bond acceptors (Lipinski definition) is 8. The third kappa shape index (κ3) is 9.26. The smallest absolute Gasteiger partial charge is 0.327 e. The van der Waals surface area contributed by atoms with Crippen molar-refractivity contribution in [2.45, 2.75) is 49.9 Å². The number of nitrogens with two attached hydrogens (primary N) is 1. The molecule has 1 heterocycles. The Morgan fingerprint density at radius 2 is 1.58 bits per heavy atom. The summed E-state index contributed by atoms with van der Waals surface area (Å²) in [6.45, 7) is 0. The van der Waals surface area contributed by atoms with E-state index in [1.807, 2.05) is 30.5 Å². The molecule has 38 heavy (non-hydrogen) atoms. The first kappa shape index (κ1) is 31.0. The zero-order valence-corrected chi connectivity index (χ0v) is 22.5. The van der Waals surface area contributed by atoms with Gasteiger partial charge in [-0.25, -0.2) is 4.79 Å². The van der Waals surface area contributed by atoms with E-state index in [4.69, 9.17) is 10.8 Å². The molecule has 0 fully saturated rings.